The minimum Gasteiger partial charge on any atom is -0.376 e. The highest BCUT2D eigenvalue weighted by molar-refractivity contribution is 5.85. The van der Waals surface area contributed by atoms with Crippen LogP contribution in [0.25, 0.3) is 0 Å². The van der Waals surface area contributed by atoms with Crippen molar-refractivity contribution in [3.63, 3.8) is 0 Å². The van der Waals surface area contributed by atoms with Crippen molar-refractivity contribution in [1.29, 1.82) is 0 Å². The lowest BCUT2D eigenvalue weighted by molar-refractivity contribution is -0.122. The molecule has 0 aromatic heterocycles. The summed E-state index contributed by atoms with van der Waals surface area (Å²) in [5, 5.41) is 6.31. The predicted octanol–water partition coefficient (Wildman–Crippen LogP) is 1.24. The van der Waals surface area contributed by atoms with Crippen molar-refractivity contribution in [2.75, 3.05) is 19.7 Å². The molecule has 1 amide bonds. The molecule has 2 N–H and O–H groups in total. The molecule has 100 valence electrons. The van der Waals surface area contributed by atoms with Gasteiger partial charge in [0.25, 0.3) is 0 Å². The van der Waals surface area contributed by atoms with Gasteiger partial charge >= 0.3 is 0 Å². The summed E-state index contributed by atoms with van der Waals surface area (Å²) >= 11 is 0. The highest BCUT2D eigenvalue weighted by Gasteiger charge is 2.19. The van der Waals surface area contributed by atoms with Gasteiger partial charge in [-0.1, -0.05) is 0 Å². The van der Waals surface area contributed by atoms with Crippen molar-refractivity contribution < 1.29 is 9.53 Å². The first kappa shape index (κ1) is 14.7. The van der Waals surface area contributed by atoms with Crippen LogP contribution in [0.2, 0.25) is 0 Å². The van der Waals surface area contributed by atoms with Crippen molar-refractivity contribution in [3.05, 3.63) is 0 Å². The maximum atomic E-state index is 11.6. The average molecular weight is 263 g/mol. The van der Waals surface area contributed by atoms with E-state index in [1.54, 1.807) is 0 Å². The monoisotopic (exact) mass is 262 g/mol. The Labute approximate surface area is 109 Å². The number of nitrogens with one attached hydrogen (secondary N) is 2. The van der Waals surface area contributed by atoms with Crippen molar-refractivity contribution in [2.45, 2.75) is 50.7 Å². The van der Waals surface area contributed by atoms with Gasteiger partial charge in [0, 0.05) is 25.6 Å². The fourth-order valence-corrected chi connectivity index (χ4v) is 2.42. The van der Waals surface area contributed by atoms with Crippen molar-refractivity contribution >= 4 is 18.3 Å². The summed E-state index contributed by atoms with van der Waals surface area (Å²) in [6.07, 6.45) is 6.67. The lowest BCUT2D eigenvalue weighted by Gasteiger charge is -2.23. The summed E-state index contributed by atoms with van der Waals surface area (Å²) in [5.41, 5.74) is 0. The van der Waals surface area contributed by atoms with Crippen molar-refractivity contribution in [3.8, 4) is 0 Å². The van der Waals surface area contributed by atoms with E-state index in [1.165, 1.54) is 12.8 Å². The normalized spacial score (nSPS) is 28.5. The molecule has 5 heteroatoms. The second-order valence-corrected chi connectivity index (χ2v) is 4.79. The van der Waals surface area contributed by atoms with Crippen LogP contribution in [-0.4, -0.2) is 37.7 Å². The van der Waals surface area contributed by atoms with E-state index < -0.39 is 0 Å². The van der Waals surface area contributed by atoms with E-state index in [0.29, 0.717) is 19.0 Å². The summed E-state index contributed by atoms with van der Waals surface area (Å²) in [4.78, 5) is 11.6. The molecule has 0 aliphatic carbocycles. The Morgan fingerprint density at radius 1 is 1.29 bits per heavy atom. The van der Waals surface area contributed by atoms with Gasteiger partial charge in [-0.05, 0) is 38.6 Å². The van der Waals surface area contributed by atoms with E-state index in [-0.39, 0.29) is 24.4 Å². The van der Waals surface area contributed by atoms with E-state index in [1.807, 2.05) is 0 Å². The van der Waals surface area contributed by atoms with Crippen molar-refractivity contribution in [1.82, 2.24) is 10.6 Å². The second kappa shape index (κ2) is 7.90. The molecule has 0 spiro atoms. The molecule has 0 aromatic carbocycles. The number of carbonyl (C=O) groups is 1. The van der Waals surface area contributed by atoms with Gasteiger partial charge in [0.2, 0.25) is 5.91 Å². The maximum Gasteiger partial charge on any atom is 0.221 e. The molecule has 2 atom stereocenters. The highest BCUT2D eigenvalue weighted by atomic mass is 35.5. The Kier molecular flexibility index (Phi) is 6.85. The van der Waals surface area contributed by atoms with Gasteiger partial charge in [-0.2, -0.15) is 0 Å². The quantitative estimate of drug-likeness (QED) is 0.802. The molecule has 2 unspecified atom stereocenters. The van der Waals surface area contributed by atoms with Gasteiger partial charge in [0.15, 0.2) is 0 Å². The molecule has 0 bridgehead atoms. The zero-order chi connectivity index (χ0) is 11.2. The zero-order valence-electron chi connectivity index (χ0n) is 10.2. The van der Waals surface area contributed by atoms with Crippen LogP contribution >= 0.6 is 12.4 Å². The average Bonchev–Trinajstić information content (AvgIpc) is 2.81. The summed E-state index contributed by atoms with van der Waals surface area (Å²) in [6.45, 7) is 2.60. The Morgan fingerprint density at radius 2 is 2.18 bits per heavy atom. The third-order valence-corrected chi connectivity index (χ3v) is 3.40. The third-order valence-electron chi connectivity index (χ3n) is 3.40. The van der Waals surface area contributed by atoms with Crippen LogP contribution in [0, 0.1) is 0 Å². The zero-order valence-corrected chi connectivity index (χ0v) is 11.1. The largest absolute Gasteiger partial charge is 0.376 e. The minimum atomic E-state index is 0. The molecule has 17 heavy (non-hydrogen) atoms. The molecular formula is C12H23ClN2O2. The fourth-order valence-electron chi connectivity index (χ4n) is 2.42. The summed E-state index contributed by atoms with van der Waals surface area (Å²) in [5.74, 6) is 0.161. The van der Waals surface area contributed by atoms with E-state index in [0.717, 1.165) is 32.4 Å². The molecule has 2 saturated heterocycles. The van der Waals surface area contributed by atoms with Gasteiger partial charge in [-0.25, -0.2) is 0 Å². The van der Waals surface area contributed by atoms with Gasteiger partial charge in [-0.3, -0.25) is 4.79 Å². The van der Waals surface area contributed by atoms with Crippen LogP contribution in [0.1, 0.15) is 38.5 Å². The van der Waals surface area contributed by atoms with Crippen LogP contribution < -0.4 is 10.6 Å². The summed E-state index contributed by atoms with van der Waals surface area (Å²) in [7, 11) is 0. The fraction of sp³-hybridized carbons (Fsp3) is 0.917. The lowest BCUT2D eigenvalue weighted by atomic mass is 10.1. The molecule has 2 aliphatic rings. The molecule has 2 aliphatic heterocycles. The topological polar surface area (TPSA) is 50.4 Å². The number of carbonyl (C=O) groups excluding carboxylic acids is 1. The second-order valence-electron chi connectivity index (χ2n) is 4.79. The molecule has 0 saturated carbocycles. The SMILES string of the molecule is Cl.O=C(CC1CCCN1)NCC1CCCCO1. The number of hydrogen-bond acceptors (Lipinski definition) is 3. The first-order valence-corrected chi connectivity index (χ1v) is 6.46. The Bertz CT molecular complexity index is 227. The van der Waals surface area contributed by atoms with E-state index >= 15 is 0 Å². The molecule has 2 fully saturated rings. The van der Waals surface area contributed by atoms with E-state index in [9.17, 15) is 4.79 Å². The van der Waals surface area contributed by atoms with Gasteiger partial charge in [-0.15, -0.1) is 12.4 Å². The summed E-state index contributed by atoms with van der Waals surface area (Å²) < 4.78 is 5.57. The Balaban J connectivity index is 0.00000144. The Morgan fingerprint density at radius 3 is 2.82 bits per heavy atom. The van der Waals surface area contributed by atoms with Crippen molar-refractivity contribution in [2.24, 2.45) is 0 Å². The number of amides is 1. The van der Waals surface area contributed by atoms with Gasteiger partial charge in [0.1, 0.15) is 0 Å². The highest BCUT2D eigenvalue weighted by Crippen LogP contribution is 2.12. The number of rotatable bonds is 4. The Hall–Kier alpha value is -0.320. The van der Waals surface area contributed by atoms with Crippen LogP contribution in [-0.2, 0) is 9.53 Å². The van der Waals surface area contributed by atoms with Crippen LogP contribution in [0.5, 0.6) is 0 Å². The first-order valence-electron chi connectivity index (χ1n) is 6.46. The smallest absolute Gasteiger partial charge is 0.221 e. The number of halogens is 1. The van der Waals surface area contributed by atoms with Crippen LogP contribution in [0.4, 0.5) is 0 Å². The standard InChI is InChI=1S/C12H22N2O2.ClH/c15-12(8-10-4-3-6-13-10)14-9-11-5-1-2-7-16-11;/h10-11,13H,1-9H2,(H,14,15);1H. The van der Waals surface area contributed by atoms with E-state index in [2.05, 4.69) is 10.6 Å². The molecule has 0 aromatic rings. The maximum absolute atomic E-state index is 11.6. The molecule has 4 nitrogen and oxygen atoms in total. The molecule has 2 heterocycles. The van der Waals surface area contributed by atoms with Gasteiger partial charge in [0.05, 0.1) is 6.10 Å². The molecule has 2 rings (SSSR count). The number of hydrogen-bond donors (Lipinski definition) is 2. The van der Waals surface area contributed by atoms with Gasteiger partial charge < -0.3 is 15.4 Å². The number of ether oxygens (including phenoxy) is 1. The molecule has 0 radical (unpaired) electrons. The van der Waals surface area contributed by atoms with E-state index in [4.69, 9.17) is 4.74 Å². The third kappa shape index (κ3) is 5.23. The van der Waals surface area contributed by atoms with Crippen LogP contribution in [0.15, 0.2) is 0 Å². The predicted molar refractivity (Wildman–Crippen MR) is 69.5 cm³/mol. The minimum absolute atomic E-state index is 0. The molecular weight excluding hydrogens is 240 g/mol. The first-order chi connectivity index (χ1) is 7.84. The van der Waals surface area contributed by atoms with Crippen LogP contribution in [0.3, 0.4) is 0 Å². The lowest BCUT2D eigenvalue weighted by Crippen LogP contribution is -2.38. The summed E-state index contributed by atoms with van der Waals surface area (Å²) in [6, 6.07) is 0.396.